The average Bonchev–Trinajstić information content (AvgIpc) is 3.11. The molecule has 1 amide bonds. The first-order valence-corrected chi connectivity index (χ1v) is 9.73. The zero-order valence-corrected chi connectivity index (χ0v) is 15.8. The molecule has 2 heterocycles. The van der Waals surface area contributed by atoms with Crippen molar-refractivity contribution in [2.45, 2.75) is 12.8 Å². The van der Waals surface area contributed by atoms with Crippen LogP contribution < -0.4 is 15.0 Å². The molecule has 0 spiro atoms. The SMILES string of the molecule is COc1ccc2nc(N3CCC(C(=O)Nc4cccc(O)c4)CC3)sc2c1. The standard InChI is InChI=1S/C20H21N3O3S/c1-26-16-5-6-17-18(12-16)27-20(22-17)23-9-7-13(8-10-23)19(25)21-14-3-2-4-15(24)11-14/h2-6,11-13,24H,7-10H2,1H3,(H,21,25). The molecule has 4 rings (SSSR count). The summed E-state index contributed by atoms with van der Waals surface area (Å²) < 4.78 is 6.38. The maximum Gasteiger partial charge on any atom is 0.227 e. The molecule has 0 aliphatic carbocycles. The number of amides is 1. The second-order valence-corrected chi connectivity index (χ2v) is 7.64. The van der Waals surface area contributed by atoms with Crippen LogP contribution in [0.3, 0.4) is 0 Å². The Morgan fingerprint density at radius 2 is 2.07 bits per heavy atom. The molecule has 2 aromatic carbocycles. The fraction of sp³-hybridized carbons (Fsp3) is 0.300. The van der Waals surface area contributed by atoms with Crippen LogP contribution >= 0.6 is 11.3 Å². The predicted molar refractivity (Wildman–Crippen MR) is 108 cm³/mol. The molecule has 0 saturated carbocycles. The summed E-state index contributed by atoms with van der Waals surface area (Å²) in [5.74, 6) is 0.961. The fourth-order valence-electron chi connectivity index (χ4n) is 3.32. The Morgan fingerprint density at radius 3 is 2.81 bits per heavy atom. The largest absolute Gasteiger partial charge is 0.508 e. The second-order valence-electron chi connectivity index (χ2n) is 6.63. The van der Waals surface area contributed by atoms with Crippen LogP contribution in [0, 0.1) is 5.92 Å². The first-order chi connectivity index (χ1) is 13.1. The molecule has 1 fully saturated rings. The lowest BCUT2D eigenvalue weighted by Crippen LogP contribution is -2.38. The number of ether oxygens (including phenoxy) is 1. The van der Waals surface area contributed by atoms with E-state index >= 15 is 0 Å². The van der Waals surface area contributed by atoms with Crippen LogP contribution in [0.15, 0.2) is 42.5 Å². The number of aromatic hydroxyl groups is 1. The number of carbonyl (C=O) groups excluding carboxylic acids is 1. The molecule has 7 heteroatoms. The zero-order valence-electron chi connectivity index (χ0n) is 15.0. The van der Waals surface area contributed by atoms with Gasteiger partial charge in [-0.1, -0.05) is 17.4 Å². The number of anilines is 2. The van der Waals surface area contributed by atoms with Gasteiger partial charge in [-0.3, -0.25) is 4.79 Å². The molecule has 0 atom stereocenters. The monoisotopic (exact) mass is 383 g/mol. The van der Waals surface area contributed by atoms with Crippen LogP contribution in [0.1, 0.15) is 12.8 Å². The highest BCUT2D eigenvalue weighted by molar-refractivity contribution is 7.22. The number of phenolic OH excluding ortho intramolecular Hbond substituents is 1. The van der Waals surface area contributed by atoms with Gasteiger partial charge in [-0.25, -0.2) is 4.98 Å². The Hall–Kier alpha value is -2.80. The van der Waals surface area contributed by atoms with Gasteiger partial charge >= 0.3 is 0 Å². The summed E-state index contributed by atoms with van der Waals surface area (Å²) in [5.41, 5.74) is 1.60. The van der Waals surface area contributed by atoms with Crippen LogP contribution in [0.25, 0.3) is 10.2 Å². The highest BCUT2D eigenvalue weighted by Crippen LogP contribution is 2.33. The minimum absolute atomic E-state index is 0.00860. The number of nitrogens with one attached hydrogen (secondary N) is 1. The molecule has 0 bridgehead atoms. The lowest BCUT2D eigenvalue weighted by atomic mass is 9.96. The van der Waals surface area contributed by atoms with Crippen LogP contribution in [0.5, 0.6) is 11.5 Å². The van der Waals surface area contributed by atoms with E-state index < -0.39 is 0 Å². The van der Waals surface area contributed by atoms with Gasteiger partial charge in [0.1, 0.15) is 11.5 Å². The maximum atomic E-state index is 12.5. The van der Waals surface area contributed by atoms with Crippen molar-refractivity contribution < 1.29 is 14.6 Å². The van der Waals surface area contributed by atoms with Gasteiger partial charge in [-0.15, -0.1) is 0 Å². The summed E-state index contributed by atoms with van der Waals surface area (Å²) in [6.45, 7) is 1.60. The van der Waals surface area contributed by atoms with E-state index in [1.54, 1.807) is 42.7 Å². The molecule has 1 aliphatic rings. The Balaban J connectivity index is 1.39. The van der Waals surface area contributed by atoms with Gasteiger partial charge in [0.05, 0.1) is 17.3 Å². The first-order valence-electron chi connectivity index (χ1n) is 8.92. The minimum Gasteiger partial charge on any atom is -0.508 e. The van der Waals surface area contributed by atoms with Gasteiger partial charge < -0.3 is 20.1 Å². The molecule has 0 radical (unpaired) electrons. The third kappa shape index (κ3) is 3.83. The average molecular weight is 383 g/mol. The summed E-state index contributed by atoms with van der Waals surface area (Å²) in [7, 11) is 1.66. The summed E-state index contributed by atoms with van der Waals surface area (Å²) in [6.07, 6.45) is 1.56. The number of hydrogen-bond acceptors (Lipinski definition) is 6. The van der Waals surface area contributed by atoms with Gasteiger partial charge in [-0.2, -0.15) is 0 Å². The van der Waals surface area contributed by atoms with Gasteiger partial charge in [0.15, 0.2) is 5.13 Å². The van der Waals surface area contributed by atoms with E-state index in [0.717, 1.165) is 47.0 Å². The number of benzene rings is 2. The minimum atomic E-state index is -0.0296. The zero-order chi connectivity index (χ0) is 18.8. The topological polar surface area (TPSA) is 74.7 Å². The molecular weight excluding hydrogens is 362 g/mol. The number of methoxy groups -OCH3 is 1. The van der Waals surface area contributed by atoms with Crippen molar-refractivity contribution in [3.05, 3.63) is 42.5 Å². The summed E-state index contributed by atoms with van der Waals surface area (Å²) in [6, 6.07) is 12.5. The van der Waals surface area contributed by atoms with E-state index in [1.807, 2.05) is 18.2 Å². The molecule has 6 nitrogen and oxygen atoms in total. The predicted octanol–water partition coefficient (Wildman–Crippen LogP) is 3.87. The van der Waals surface area contributed by atoms with E-state index in [2.05, 4.69) is 10.2 Å². The number of thiazole rings is 1. The summed E-state index contributed by atoms with van der Waals surface area (Å²) >= 11 is 1.65. The Kier molecular flexibility index (Phi) is 4.85. The quantitative estimate of drug-likeness (QED) is 0.715. The molecule has 140 valence electrons. The summed E-state index contributed by atoms with van der Waals surface area (Å²) in [4.78, 5) is 19.5. The van der Waals surface area contributed by atoms with E-state index in [1.165, 1.54) is 0 Å². The normalized spacial score (nSPS) is 15.1. The molecule has 1 saturated heterocycles. The molecule has 1 aromatic heterocycles. The number of fused-ring (bicyclic) bond motifs is 1. The lowest BCUT2D eigenvalue weighted by Gasteiger charge is -2.31. The number of rotatable bonds is 4. The highest BCUT2D eigenvalue weighted by Gasteiger charge is 2.26. The van der Waals surface area contributed by atoms with Crippen LogP contribution in [0.2, 0.25) is 0 Å². The first kappa shape index (κ1) is 17.6. The molecule has 1 aliphatic heterocycles. The highest BCUT2D eigenvalue weighted by atomic mass is 32.1. The van der Waals surface area contributed by atoms with Gasteiger partial charge in [0.2, 0.25) is 5.91 Å². The lowest BCUT2D eigenvalue weighted by molar-refractivity contribution is -0.120. The number of phenols is 1. The Bertz CT molecular complexity index is 964. The van der Waals surface area contributed by atoms with Crippen molar-refractivity contribution in [1.82, 2.24) is 4.98 Å². The molecule has 2 N–H and O–H groups in total. The molecule has 27 heavy (non-hydrogen) atoms. The van der Waals surface area contributed by atoms with E-state index in [9.17, 15) is 9.90 Å². The third-order valence-corrected chi connectivity index (χ3v) is 5.91. The summed E-state index contributed by atoms with van der Waals surface area (Å²) in [5, 5.41) is 13.4. The van der Waals surface area contributed by atoms with Crippen molar-refractivity contribution in [2.75, 3.05) is 30.4 Å². The van der Waals surface area contributed by atoms with E-state index in [4.69, 9.17) is 9.72 Å². The number of carbonyl (C=O) groups is 1. The second kappa shape index (κ2) is 7.44. The molecular formula is C20H21N3O3S. The smallest absolute Gasteiger partial charge is 0.227 e. The maximum absolute atomic E-state index is 12.5. The number of nitrogens with zero attached hydrogens (tertiary/aromatic N) is 2. The van der Waals surface area contributed by atoms with Gasteiger partial charge in [0.25, 0.3) is 0 Å². The molecule has 3 aromatic rings. The van der Waals surface area contributed by atoms with Crippen molar-refractivity contribution in [3.63, 3.8) is 0 Å². The fourth-order valence-corrected chi connectivity index (χ4v) is 4.36. The van der Waals surface area contributed by atoms with Crippen LogP contribution in [0.4, 0.5) is 10.8 Å². The van der Waals surface area contributed by atoms with E-state index in [0.29, 0.717) is 5.69 Å². The van der Waals surface area contributed by atoms with Crippen molar-refractivity contribution >= 4 is 38.3 Å². The van der Waals surface area contributed by atoms with E-state index in [-0.39, 0.29) is 17.6 Å². The van der Waals surface area contributed by atoms with Crippen molar-refractivity contribution in [1.29, 1.82) is 0 Å². The van der Waals surface area contributed by atoms with Crippen molar-refractivity contribution in [2.24, 2.45) is 5.92 Å². The third-order valence-electron chi connectivity index (χ3n) is 4.83. The van der Waals surface area contributed by atoms with Crippen molar-refractivity contribution in [3.8, 4) is 11.5 Å². The van der Waals surface area contributed by atoms with Crippen LogP contribution in [-0.2, 0) is 4.79 Å². The number of hydrogen-bond donors (Lipinski definition) is 2. The van der Waals surface area contributed by atoms with Gasteiger partial charge in [0, 0.05) is 30.8 Å². The Morgan fingerprint density at radius 1 is 1.26 bits per heavy atom. The number of piperidine rings is 1. The van der Waals surface area contributed by atoms with Gasteiger partial charge in [-0.05, 0) is 43.2 Å². The Labute approximate surface area is 161 Å². The molecule has 0 unspecified atom stereocenters. The number of aromatic nitrogens is 1. The van der Waals surface area contributed by atoms with Crippen LogP contribution in [-0.4, -0.2) is 36.2 Å².